The van der Waals surface area contributed by atoms with Gasteiger partial charge >= 0.3 is 0 Å². The summed E-state index contributed by atoms with van der Waals surface area (Å²) in [5, 5.41) is 6.10. The third-order valence-corrected chi connectivity index (χ3v) is 3.85. The third kappa shape index (κ3) is 3.25. The molecule has 1 aromatic heterocycles. The molecule has 1 amide bonds. The number of hydrogen-bond donors (Lipinski definition) is 2. The highest BCUT2D eigenvalue weighted by Gasteiger charge is 2.32. The Bertz CT molecular complexity index is 517. The van der Waals surface area contributed by atoms with Crippen LogP contribution in [0.25, 0.3) is 0 Å². The van der Waals surface area contributed by atoms with Gasteiger partial charge in [0.05, 0.1) is 0 Å². The van der Waals surface area contributed by atoms with Crippen molar-refractivity contribution >= 4 is 17.5 Å². The molecule has 1 aromatic rings. The molecule has 1 aliphatic heterocycles. The van der Waals surface area contributed by atoms with Crippen molar-refractivity contribution in [3.8, 4) is 0 Å². The van der Waals surface area contributed by atoms with Gasteiger partial charge in [0.2, 0.25) is 5.91 Å². The van der Waals surface area contributed by atoms with Crippen molar-refractivity contribution in [1.29, 1.82) is 0 Å². The number of nitrogens with one attached hydrogen (secondary N) is 2. The maximum Gasteiger partial charge on any atom is 0.242 e. The first-order chi connectivity index (χ1) is 10.1. The summed E-state index contributed by atoms with van der Waals surface area (Å²) in [5.41, 5.74) is 1.02. The van der Waals surface area contributed by atoms with Crippen LogP contribution in [0, 0.1) is 13.8 Å². The number of aromatic nitrogens is 2. The highest BCUT2D eigenvalue weighted by atomic mass is 16.2. The van der Waals surface area contributed by atoms with E-state index in [0.29, 0.717) is 0 Å². The van der Waals surface area contributed by atoms with Gasteiger partial charge in [-0.05, 0) is 33.1 Å². The largest absolute Gasteiger partial charge is 0.370 e. The SMILES string of the molecule is CCCNc1nc(C)nc(N2CCCC2C(=O)NC)c1C. The zero-order valence-electron chi connectivity index (χ0n) is 13.4. The number of rotatable bonds is 5. The van der Waals surface area contributed by atoms with Crippen molar-refractivity contribution in [3.63, 3.8) is 0 Å². The van der Waals surface area contributed by atoms with Crippen molar-refractivity contribution in [1.82, 2.24) is 15.3 Å². The van der Waals surface area contributed by atoms with Crippen LogP contribution in [0.4, 0.5) is 11.6 Å². The van der Waals surface area contributed by atoms with Crippen LogP contribution in [0.3, 0.4) is 0 Å². The highest BCUT2D eigenvalue weighted by molar-refractivity contribution is 5.85. The lowest BCUT2D eigenvalue weighted by molar-refractivity contribution is -0.121. The zero-order valence-corrected chi connectivity index (χ0v) is 13.4. The van der Waals surface area contributed by atoms with Gasteiger partial charge in [0.1, 0.15) is 23.5 Å². The van der Waals surface area contributed by atoms with Gasteiger partial charge in [-0.1, -0.05) is 6.92 Å². The average molecular weight is 291 g/mol. The predicted molar refractivity (Wildman–Crippen MR) is 84.7 cm³/mol. The van der Waals surface area contributed by atoms with Gasteiger partial charge in [0, 0.05) is 25.7 Å². The number of carbonyl (C=O) groups excluding carboxylic acids is 1. The quantitative estimate of drug-likeness (QED) is 0.863. The van der Waals surface area contributed by atoms with E-state index in [1.807, 2.05) is 13.8 Å². The molecule has 1 atom stereocenters. The molecule has 0 aromatic carbocycles. The maximum absolute atomic E-state index is 12.0. The molecule has 0 bridgehead atoms. The van der Waals surface area contributed by atoms with Gasteiger partial charge in [-0.2, -0.15) is 0 Å². The molecule has 6 heteroatoms. The minimum absolute atomic E-state index is 0.0613. The van der Waals surface area contributed by atoms with Crippen LogP contribution in [0.15, 0.2) is 0 Å². The van der Waals surface area contributed by atoms with E-state index in [-0.39, 0.29) is 11.9 Å². The molecular weight excluding hydrogens is 266 g/mol. The first kappa shape index (κ1) is 15.5. The minimum atomic E-state index is -0.123. The third-order valence-electron chi connectivity index (χ3n) is 3.85. The van der Waals surface area contributed by atoms with Crippen LogP contribution in [0.5, 0.6) is 0 Å². The van der Waals surface area contributed by atoms with Crippen molar-refractivity contribution in [2.24, 2.45) is 0 Å². The molecular formula is C15H25N5O. The lowest BCUT2D eigenvalue weighted by Gasteiger charge is -2.27. The number of carbonyl (C=O) groups is 1. The number of hydrogen-bond acceptors (Lipinski definition) is 5. The van der Waals surface area contributed by atoms with E-state index in [1.165, 1.54) is 0 Å². The molecule has 116 valence electrons. The summed E-state index contributed by atoms with van der Waals surface area (Å²) in [6.45, 7) is 7.79. The summed E-state index contributed by atoms with van der Waals surface area (Å²) in [6.07, 6.45) is 2.93. The van der Waals surface area contributed by atoms with Gasteiger partial charge in [0.15, 0.2) is 0 Å². The van der Waals surface area contributed by atoms with Crippen LogP contribution in [-0.2, 0) is 4.79 Å². The van der Waals surface area contributed by atoms with Crippen LogP contribution in [-0.4, -0.2) is 42.1 Å². The van der Waals surface area contributed by atoms with E-state index in [2.05, 4.69) is 32.4 Å². The Hall–Kier alpha value is -1.85. The maximum atomic E-state index is 12.0. The van der Waals surface area contributed by atoms with E-state index >= 15 is 0 Å². The molecule has 6 nitrogen and oxygen atoms in total. The topological polar surface area (TPSA) is 70.2 Å². The van der Waals surface area contributed by atoms with Gasteiger partial charge < -0.3 is 15.5 Å². The van der Waals surface area contributed by atoms with E-state index in [9.17, 15) is 4.79 Å². The molecule has 21 heavy (non-hydrogen) atoms. The normalized spacial score (nSPS) is 17.9. The molecule has 2 heterocycles. The molecule has 0 radical (unpaired) electrons. The fraction of sp³-hybridized carbons (Fsp3) is 0.667. The molecule has 2 N–H and O–H groups in total. The summed E-state index contributed by atoms with van der Waals surface area (Å²) < 4.78 is 0. The van der Waals surface area contributed by atoms with E-state index in [1.54, 1.807) is 7.05 Å². The second kappa shape index (κ2) is 6.74. The van der Waals surface area contributed by atoms with Crippen molar-refractivity contribution in [3.05, 3.63) is 11.4 Å². The smallest absolute Gasteiger partial charge is 0.242 e. The summed E-state index contributed by atoms with van der Waals surface area (Å²) in [7, 11) is 1.69. The van der Waals surface area contributed by atoms with E-state index in [4.69, 9.17) is 0 Å². The Morgan fingerprint density at radius 1 is 1.38 bits per heavy atom. The Morgan fingerprint density at radius 2 is 2.14 bits per heavy atom. The van der Waals surface area contributed by atoms with Gasteiger partial charge in [-0.25, -0.2) is 9.97 Å². The number of likely N-dealkylation sites (N-methyl/N-ethyl adjacent to an activating group) is 1. The van der Waals surface area contributed by atoms with Gasteiger partial charge in [0.25, 0.3) is 0 Å². The number of anilines is 2. The van der Waals surface area contributed by atoms with Crippen LogP contribution in [0.1, 0.15) is 37.6 Å². The Kier molecular flexibility index (Phi) is 4.98. The molecule has 1 saturated heterocycles. The van der Waals surface area contributed by atoms with Gasteiger partial charge in [-0.15, -0.1) is 0 Å². The molecule has 0 saturated carbocycles. The molecule has 0 spiro atoms. The standard InChI is InChI=1S/C15H25N5O/c1-5-8-17-13-10(2)14(19-11(3)18-13)20-9-6-7-12(20)15(21)16-4/h12H,5-9H2,1-4H3,(H,16,21)(H,17,18,19). The Balaban J connectivity index is 2.34. The summed E-state index contributed by atoms with van der Waals surface area (Å²) in [4.78, 5) is 23.2. The van der Waals surface area contributed by atoms with Crippen LogP contribution in [0.2, 0.25) is 0 Å². The van der Waals surface area contributed by atoms with Gasteiger partial charge in [-0.3, -0.25) is 4.79 Å². The number of nitrogens with zero attached hydrogens (tertiary/aromatic N) is 3. The fourth-order valence-corrected chi connectivity index (χ4v) is 2.77. The fourth-order valence-electron chi connectivity index (χ4n) is 2.77. The Morgan fingerprint density at radius 3 is 2.81 bits per heavy atom. The summed E-state index contributed by atoms with van der Waals surface area (Å²) >= 11 is 0. The number of amides is 1. The second-order valence-corrected chi connectivity index (χ2v) is 5.46. The first-order valence-electron chi connectivity index (χ1n) is 7.65. The molecule has 2 rings (SSSR count). The lowest BCUT2D eigenvalue weighted by Crippen LogP contribution is -2.42. The predicted octanol–water partition coefficient (Wildman–Crippen LogP) is 1.63. The average Bonchev–Trinajstić information content (AvgIpc) is 2.96. The number of aryl methyl sites for hydroxylation is 1. The Labute approximate surface area is 126 Å². The van der Waals surface area contributed by atoms with Crippen LogP contribution >= 0.6 is 0 Å². The molecule has 1 fully saturated rings. The van der Waals surface area contributed by atoms with E-state index < -0.39 is 0 Å². The first-order valence-corrected chi connectivity index (χ1v) is 7.65. The van der Waals surface area contributed by atoms with Crippen molar-refractivity contribution in [2.75, 3.05) is 30.4 Å². The monoisotopic (exact) mass is 291 g/mol. The second-order valence-electron chi connectivity index (χ2n) is 5.46. The summed E-state index contributed by atoms with van der Waals surface area (Å²) in [5.74, 6) is 2.55. The van der Waals surface area contributed by atoms with Crippen molar-refractivity contribution in [2.45, 2.75) is 46.1 Å². The molecule has 1 aliphatic rings. The minimum Gasteiger partial charge on any atom is -0.370 e. The summed E-state index contributed by atoms with van der Waals surface area (Å²) in [6, 6.07) is -0.123. The molecule has 0 aliphatic carbocycles. The zero-order chi connectivity index (χ0) is 15.4. The highest BCUT2D eigenvalue weighted by Crippen LogP contribution is 2.30. The van der Waals surface area contributed by atoms with E-state index in [0.717, 1.165) is 55.4 Å². The lowest BCUT2D eigenvalue weighted by atomic mass is 10.2. The van der Waals surface area contributed by atoms with Crippen LogP contribution < -0.4 is 15.5 Å². The molecule has 1 unspecified atom stereocenters. The van der Waals surface area contributed by atoms with Crippen molar-refractivity contribution < 1.29 is 4.79 Å².